The molecule has 1 aromatic rings. The SMILES string of the molecule is CC1(C)CC1CNCc1cccnc1C#N. The van der Waals surface area contributed by atoms with Crippen LogP contribution in [0.3, 0.4) is 0 Å². The number of nitrogens with one attached hydrogen (secondary N) is 1. The molecule has 1 atom stereocenters. The fourth-order valence-corrected chi connectivity index (χ4v) is 1.99. The third-order valence-electron chi connectivity index (χ3n) is 3.42. The highest BCUT2D eigenvalue weighted by Gasteiger charge is 2.44. The molecule has 1 unspecified atom stereocenters. The van der Waals surface area contributed by atoms with E-state index in [2.05, 4.69) is 30.2 Å². The molecular weight excluding hydrogens is 198 g/mol. The Hall–Kier alpha value is -1.40. The van der Waals surface area contributed by atoms with Crippen molar-refractivity contribution in [2.45, 2.75) is 26.8 Å². The molecule has 1 fully saturated rings. The molecule has 0 saturated heterocycles. The predicted octanol–water partition coefficient (Wildman–Crippen LogP) is 2.09. The van der Waals surface area contributed by atoms with E-state index in [1.807, 2.05) is 12.1 Å². The number of nitrogens with zero attached hydrogens (tertiary/aromatic N) is 2. The van der Waals surface area contributed by atoms with Crippen molar-refractivity contribution in [3.63, 3.8) is 0 Å². The summed E-state index contributed by atoms with van der Waals surface area (Å²) >= 11 is 0. The Morgan fingerprint density at radius 1 is 1.62 bits per heavy atom. The van der Waals surface area contributed by atoms with Gasteiger partial charge in [-0.1, -0.05) is 19.9 Å². The monoisotopic (exact) mass is 215 g/mol. The molecule has 0 spiro atoms. The molecule has 1 N–H and O–H groups in total. The zero-order valence-electron chi connectivity index (χ0n) is 9.83. The molecule has 1 aromatic heterocycles. The number of rotatable bonds is 4. The Morgan fingerprint density at radius 3 is 3.00 bits per heavy atom. The maximum absolute atomic E-state index is 8.88. The number of nitriles is 1. The number of aromatic nitrogens is 1. The molecule has 16 heavy (non-hydrogen) atoms. The van der Waals surface area contributed by atoms with E-state index in [0.717, 1.165) is 24.6 Å². The molecule has 0 aromatic carbocycles. The van der Waals surface area contributed by atoms with Gasteiger partial charge in [-0.3, -0.25) is 0 Å². The van der Waals surface area contributed by atoms with Crippen molar-refractivity contribution < 1.29 is 0 Å². The van der Waals surface area contributed by atoms with Crippen LogP contribution in [-0.2, 0) is 6.54 Å². The number of hydrogen-bond acceptors (Lipinski definition) is 3. The van der Waals surface area contributed by atoms with Gasteiger partial charge in [-0.05, 0) is 30.4 Å². The molecular formula is C13H17N3. The van der Waals surface area contributed by atoms with E-state index < -0.39 is 0 Å². The van der Waals surface area contributed by atoms with E-state index in [1.165, 1.54) is 6.42 Å². The van der Waals surface area contributed by atoms with Crippen molar-refractivity contribution in [3.05, 3.63) is 29.6 Å². The van der Waals surface area contributed by atoms with Crippen LogP contribution in [0.1, 0.15) is 31.5 Å². The summed E-state index contributed by atoms with van der Waals surface area (Å²) in [5.74, 6) is 0.787. The van der Waals surface area contributed by atoms with Crippen LogP contribution in [-0.4, -0.2) is 11.5 Å². The van der Waals surface area contributed by atoms with Gasteiger partial charge in [0.05, 0.1) is 0 Å². The van der Waals surface area contributed by atoms with Crippen molar-refractivity contribution in [1.29, 1.82) is 5.26 Å². The Morgan fingerprint density at radius 2 is 2.38 bits per heavy atom. The molecule has 0 aliphatic heterocycles. The van der Waals surface area contributed by atoms with Crippen LogP contribution in [0.5, 0.6) is 0 Å². The summed E-state index contributed by atoms with van der Waals surface area (Å²) in [5, 5.41) is 12.3. The highest BCUT2D eigenvalue weighted by molar-refractivity contribution is 5.30. The van der Waals surface area contributed by atoms with Crippen LogP contribution >= 0.6 is 0 Å². The van der Waals surface area contributed by atoms with Crippen LogP contribution in [0.2, 0.25) is 0 Å². The summed E-state index contributed by atoms with van der Waals surface area (Å²) in [6.07, 6.45) is 2.96. The standard InChI is InChI=1S/C13H17N3/c1-13(2)6-11(13)9-15-8-10-4-3-5-16-12(10)7-14/h3-5,11,15H,6,8-9H2,1-2H3. The average molecular weight is 215 g/mol. The molecule has 1 aliphatic rings. The maximum atomic E-state index is 8.88. The highest BCUT2D eigenvalue weighted by Crippen LogP contribution is 2.50. The molecule has 3 nitrogen and oxygen atoms in total. The quantitative estimate of drug-likeness (QED) is 0.836. The normalized spacial score (nSPS) is 21.4. The van der Waals surface area contributed by atoms with Crippen LogP contribution < -0.4 is 5.32 Å². The third kappa shape index (κ3) is 2.40. The lowest BCUT2D eigenvalue weighted by atomic mass is 10.1. The second kappa shape index (κ2) is 4.23. The second-order valence-electron chi connectivity index (χ2n) is 5.14. The Labute approximate surface area is 96.5 Å². The van der Waals surface area contributed by atoms with Gasteiger partial charge in [0.1, 0.15) is 11.8 Å². The van der Waals surface area contributed by atoms with Crippen LogP contribution in [0, 0.1) is 22.7 Å². The van der Waals surface area contributed by atoms with Gasteiger partial charge < -0.3 is 5.32 Å². The van der Waals surface area contributed by atoms with Gasteiger partial charge in [0, 0.05) is 18.3 Å². The first-order valence-electron chi connectivity index (χ1n) is 5.68. The minimum absolute atomic E-state index is 0.514. The highest BCUT2D eigenvalue weighted by atomic mass is 14.9. The first kappa shape index (κ1) is 11.1. The topological polar surface area (TPSA) is 48.7 Å². The largest absolute Gasteiger partial charge is 0.312 e. The van der Waals surface area contributed by atoms with Crippen LogP contribution in [0.25, 0.3) is 0 Å². The van der Waals surface area contributed by atoms with Gasteiger partial charge >= 0.3 is 0 Å². The first-order valence-corrected chi connectivity index (χ1v) is 5.68. The van der Waals surface area contributed by atoms with Crippen molar-refractivity contribution in [1.82, 2.24) is 10.3 Å². The van der Waals surface area contributed by atoms with E-state index in [-0.39, 0.29) is 0 Å². The molecule has 1 saturated carbocycles. The van der Waals surface area contributed by atoms with Crippen molar-refractivity contribution in [2.75, 3.05) is 6.54 Å². The fourth-order valence-electron chi connectivity index (χ4n) is 1.99. The lowest BCUT2D eigenvalue weighted by Gasteiger charge is -2.06. The van der Waals surface area contributed by atoms with E-state index in [9.17, 15) is 0 Å². The molecule has 2 rings (SSSR count). The fraction of sp³-hybridized carbons (Fsp3) is 0.538. The van der Waals surface area contributed by atoms with Gasteiger partial charge in [-0.2, -0.15) is 5.26 Å². The molecule has 0 radical (unpaired) electrons. The summed E-state index contributed by atoms with van der Waals surface area (Å²) in [7, 11) is 0. The number of pyridine rings is 1. The van der Waals surface area contributed by atoms with Crippen molar-refractivity contribution in [3.8, 4) is 6.07 Å². The smallest absolute Gasteiger partial charge is 0.144 e. The Balaban J connectivity index is 1.84. The van der Waals surface area contributed by atoms with Crippen LogP contribution in [0.4, 0.5) is 0 Å². The summed E-state index contributed by atoms with van der Waals surface area (Å²) in [6.45, 7) is 6.37. The maximum Gasteiger partial charge on any atom is 0.144 e. The molecule has 3 heteroatoms. The van der Waals surface area contributed by atoms with Gasteiger partial charge in [0.2, 0.25) is 0 Å². The predicted molar refractivity (Wildman–Crippen MR) is 62.5 cm³/mol. The first-order chi connectivity index (χ1) is 7.63. The van der Waals surface area contributed by atoms with Crippen LogP contribution in [0.15, 0.2) is 18.3 Å². The minimum Gasteiger partial charge on any atom is -0.312 e. The summed E-state index contributed by atoms with van der Waals surface area (Å²) in [5.41, 5.74) is 2.04. The van der Waals surface area contributed by atoms with Gasteiger partial charge in [0.25, 0.3) is 0 Å². The van der Waals surface area contributed by atoms with Crippen molar-refractivity contribution in [2.24, 2.45) is 11.3 Å². The average Bonchev–Trinajstić information content (AvgIpc) is 2.87. The lowest BCUT2D eigenvalue weighted by Crippen LogP contribution is -2.18. The van der Waals surface area contributed by atoms with E-state index >= 15 is 0 Å². The molecule has 0 bridgehead atoms. The van der Waals surface area contributed by atoms with E-state index in [1.54, 1.807) is 6.20 Å². The summed E-state index contributed by atoms with van der Waals surface area (Å²) in [4.78, 5) is 4.04. The molecule has 1 heterocycles. The summed E-state index contributed by atoms with van der Waals surface area (Å²) < 4.78 is 0. The minimum atomic E-state index is 0.514. The van der Waals surface area contributed by atoms with Gasteiger partial charge in [-0.25, -0.2) is 4.98 Å². The van der Waals surface area contributed by atoms with Crippen molar-refractivity contribution >= 4 is 0 Å². The second-order valence-corrected chi connectivity index (χ2v) is 5.14. The summed E-state index contributed by atoms with van der Waals surface area (Å²) in [6, 6.07) is 5.94. The Kier molecular flexibility index (Phi) is 2.93. The molecule has 0 amide bonds. The molecule has 1 aliphatic carbocycles. The Bertz CT molecular complexity index is 417. The zero-order valence-corrected chi connectivity index (χ0v) is 9.83. The number of hydrogen-bond donors (Lipinski definition) is 1. The van der Waals surface area contributed by atoms with Gasteiger partial charge in [-0.15, -0.1) is 0 Å². The third-order valence-corrected chi connectivity index (χ3v) is 3.42. The molecule has 84 valence electrons. The van der Waals surface area contributed by atoms with E-state index in [0.29, 0.717) is 11.1 Å². The zero-order chi connectivity index (χ0) is 11.6. The lowest BCUT2D eigenvalue weighted by molar-refractivity contribution is 0.519. The van der Waals surface area contributed by atoms with Gasteiger partial charge in [0.15, 0.2) is 0 Å². The van der Waals surface area contributed by atoms with E-state index in [4.69, 9.17) is 5.26 Å².